The number of carbonyl (C=O) groups is 2. The van der Waals surface area contributed by atoms with Crippen molar-refractivity contribution in [2.75, 3.05) is 29.9 Å². The molecule has 110 valence electrons. The minimum absolute atomic E-state index is 0.0775. The Morgan fingerprint density at radius 1 is 1.20 bits per heavy atom. The zero-order valence-electron chi connectivity index (χ0n) is 11.7. The first-order chi connectivity index (χ1) is 9.58. The Balaban J connectivity index is 2.34. The van der Waals surface area contributed by atoms with Crippen molar-refractivity contribution in [1.82, 2.24) is 4.90 Å². The van der Waals surface area contributed by atoms with E-state index in [-0.39, 0.29) is 17.6 Å². The molecule has 0 fully saturated rings. The van der Waals surface area contributed by atoms with E-state index in [0.29, 0.717) is 18.8 Å². The number of nitrogens with zero attached hydrogens (tertiary/aromatic N) is 1. The van der Waals surface area contributed by atoms with Crippen molar-refractivity contribution in [1.29, 1.82) is 0 Å². The van der Waals surface area contributed by atoms with Crippen molar-refractivity contribution in [2.24, 2.45) is 0 Å². The van der Waals surface area contributed by atoms with E-state index in [4.69, 9.17) is 0 Å². The van der Waals surface area contributed by atoms with Gasteiger partial charge in [0.1, 0.15) is 0 Å². The minimum atomic E-state index is -0.103. The summed E-state index contributed by atoms with van der Waals surface area (Å²) in [6, 6.07) is 7.44. The van der Waals surface area contributed by atoms with Crippen LogP contribution in [0.4, 0.5) is 5.69 Å². The second-order valence-electron chi connectivity index (χ2n) is 4.09. The fourth-order valence-corrected chi connectivity index (χ4v) is 2.75. The molecule has 1 aromatic rings. The van der Waals surface area contributed by atoms with Crippen molar-refractivity contribution in [3.8, 4) is 0 Å². The summed E-state index contributed by atoms with van der Waals surface area (Å²) < 4.78 is 0.845. The van der Waals surface area contributed by atoms with Crippen LogP contribution >= 0.6 is 27.7 Å². The Hall–Kier alpha value is -1.01. The van der Waals surface area contributed by atoms with Crippen LogP contribution in [0.25, 0.3) is 0 Å². The number of nitrogens with one attached hydrogen (secondary N) is 1. The second kappa shape index (κ2) is 9.02. The van der Waals surface area contributed by atoms with Gasteiger partial charge in [-0.2, -0.15) is 0 Å². The third kappa shape index (κ3) is 5.54. The number of amides is 2. The molecular formula is C14H19BrN2O2S. The van der Waals surface area contributed by atoms with Gasteiger partial charge in [-0.05, 0) is 41.9 Å². The molecule has 0 radical (unpaired) electrons. The highest BCUT2D eigenvalue weighted by atomic mass is 79.9. The van der Waals surface area contributed by atoms with Gasteiger partial charge in [-0.3, -0.25) is 9.59 Å². The molecule has 1 N–H and O–H groups in total. The Kier molecular flexibility index (Phi) is 7.69. The number of benzene rings is 1. The molecule has 0 bridgehead atoms. The van der Waals surface area contributed by atoms with E-state index in [2.05, 4.69) is 21.2 Å². The van der Waals surface area contributed by atoms with Crippen LogP contribution in [0.1, 0.15) is 13.8 Å². The molecule has 2 amide bonds. The van der Waals surface area contributed by atoms with Gasteiger partial charge < -0.3 is 10.2 Å². The Bertz CT molecular complexity index is 464. The first kappa shape index (κ1) is 17.0. The molecule has 0 heterocycles. The molecule has 4 nitrogen and oxygen atoms in total. The molecule has 0 aliphatic heterocycles. The van der Waals surface area contributed by atoms with E-state index in [1.165, 1.54) is 11.8 Å². The predicted octanol–water partition coefficient (Wildman–Crippen LogP) is 2.99. The van der Waals surface area contributed by atoms with Crippen molar-refractivity contribution in [3.63, 3.8) is 0 Å². The van der Waals surface area contributed by atoms with Gasteiger partial charge in [0.05, 0.1) is 17.2 Å². The van der Waals surface area contributed by atoms with Crippen LogP contribution in [0.3, 0.4) is 0 Å². The number of halogens is 1. The van der Waals surface area contributed by atoms with Crippen LogP contribution in [0.2, 0.25) is 0 Å². The van der Waals surface area contributed by atoms with Crippen LogP contribution in [-0.4, -0.2) is 41.3 Å². The monoisotopic (exact) mass is 358 g/mol. The summed E-state index contributed by atoms with van der Waals surface area (Å²) in [4.78, 5) is 25.3. The highest BCUT2D eigenvalue weighted by molar-refractivity contribution is 9.10. The number of carbonyl (C=O) groups excluding carboxylic acids is 2. The van der Waals surface area contributed by atoms with Gasteiger partial charge in [-0.25, -0.2) is 0 Å². The molecule has 0 saturated heterocycles. The summed E-state index contributed by atoms with van der Waals surface area (Å²) in [6.07, 6.45) is 0. The van der Waals surface area contributed by atoms with Crippen LogP contribution in [-0.2, 0) is 9.59 Å². The Morgan fingerprint density at radius 3 is 2.45 bits per heavy atom. The summed E-state index contributed by atoms with van der Waals surface area (Å²) in [6.45, 7) is 5.31. The first-order valence-corrected chi connectivity index (χ1v) is 8.43. The summed E-state index contributed by atoms with van der Waals surface area (Å²) in [5, 5.41) is 2.81. The van der Waals surface area contributed by atoms with Crippen LogP contribution in [0, 0.1) is 0 Å². The average Bonchev–Trinajstić information content (AvgIpc) is 2.43. The lowest BCUT2D eigenvalue weighted by molar-refractivity contribution is -0.127. The zero-order chi connectivity index (χ0) is 15.0. The van der Waals surface area contributed by atoms with Crippen molar-refractivity contribution in [3.05, 3.63) is 28.7 Å². The Labute approximate surface area is 132 Å². The van der Waals surface area contributed by atoms with E-state index in [0.717, 1.165) is 10.2 Å². The lowest BCUT2D eigenvalue weighted by Gasteiger charge is -2.18. The van der Waals surface area contributed by atoms with Crippen molar-refractivity contribution in [2.45, 2.75) is 13.8 Å². The van der Waals surface area contributed by atoms with E-state index in [1.807, 2.05) is 38.1 Å². The fourth-order valence-electron chi connectivity index (χ4n) is 1.65. The maximum Gasteiger partial charge on any atom is 0.234 e. The molecular weight excluding hydrogens is 340 g/mol. The average molecular weight is 359 g/mol. The van der Waals surface area contributed by atoms with Crippen LogP contribution < -0.4 is 5.32 Å². The van der Waals surface area contributed by atoms with Crippen molar-refractivity contribution < 1.29 is 9.59 Å². The summed E-state index contributed by atoms with van der Waals surface area (Å²) in [7, 11) is 0. The summed E-state index contributed by atoms with van der Waals surface area (Å²) in [5.41, 5.74) is 0.744. The van der Waals surface area contributed by atoms with E-state index in [9.17, 15) is 9.59 Å². The molecule has 20 heavy (non-hydrogen) atoms. The molecule has 1 aromatic carbocycles. The number of para-hydroxylation sites is 1. The van der Waals surface area contributed by atoms with Gasteiger partial charge in [-0.1, -0.05) is 12.1 Å². The molecule has 0 atom stereocenters. The number of rotatable bonds is 7. The van der Waals surface area contributed by atoms with Gasteiger partial charge in [0.2, 0.25) is 11.8 Å². The Morgan fingerprint density at radius 2 is 1.85 bits per heavy atom. The highest BCUT2D eigenvalue weighted by Gasteiger charge is 2.11. The quantitative estimate of drug-likeness (QED) is 0.814. The summed E-state index contributed by atoms with van der Waals surface area (Å²) in [5.74, 6) is 0.585. The van der Waals surface area contributed by atoms with Gasteiger partial charge in [0.25, 0.3) is 0 Å². The minimum Gasteiger partial charge on any atom is -0.343 e. The topological polar surface area (TPSA) is 49.4 Å². The van der Waals surface area contributed by atoms with Crippen LogP contribution in [0.5, 0.6) is 0 Å². The predicted molar refractivity (Wildman–Crippen MR) is 88.0 cm³/mol. The number of thioether (sulfide) groups is 1. The molecule has 0 saturated carbocycles. The van der Waals surface area contributed by atoms with Crippen LogP contribution in [0.15, 0.2) is 28.7 Å². The molecule has 6 heteroatoms. The molecule has 1 rings (SSSR count). The number of hydrogen-bond acceptors (Lipinski definition) is 3. The lowest BCUT2D eigenvalue weighted by Crippen LogP contribution is -2.32. The largest absolute Gasteiger partial charge is 0.343 e. The standard InChI is InChI=1S/C14H19BrN2O2S/c1-3-17(4-2)14(19)10-20-9-13(18)16-12-8-6-5-7-11(12)15/h5-8H,3-4,9-10H2,1-2H3,(H,16,18). The smallest absolute Gasteiger partial charge is 0.234 e. The van der Waals surface area contributed by atoms with E-state index >= 15 is 0 Å². The second-order valence-corrected chi connectivity index (χ2v) is 5.93. The molecule has 0 aliphatic rings. The van der Waals surface area contributed by atoms with E-state index < -0.39 is 0 Å². The van der Waals surface area contributed by atoms with Gasteiger partial charge in [-0.15, -0.1) is 11.8 Å². The molecule has 0 unspecified atom stereocenters. The maximum atomic E-state index is 11.8. The van der Waals surface area contributed by atoms with E-state index in [1.54, 1.807) is 4.90 Å². The highest BCUT2D eigenvalue weighted by Crippen LogP contribution is 2.21. The van der Waals surface area contributed by atoms with Gasteiger partial charge >= 0.3 is 0 Å². The third-order valence-corrected chi connectivity index (χ3v) is 4.33. The van der Waals surface area contributed by atoms with Crippen molar-refractivity contribution >= 4 is 45.2 Å². The summed E-state index contributed by atoms with van der Waals surface area (Å²) >= 11 is 4.71. The zero-order valence-corrected chi connectivity index (χ0v) is 14.1. The molecule has 0 aromatic heterocycles. The first-order valence-electron chi connectivity index (χ1n) is 6.48. The maximum absolute atomic E-state index is 11.8. The van der Waals surface area contributed by atoms with Gasteiger partial charge in [0.15, 0.2) is 0 Å². The lowest BCUT2D eigenvalue weighted by atomic mass is 10.3. The molecule has 0 aliphatic carbocycles. The van der Waals surface area contributed by atoms with Gasteiger partial charge in [0, 0.05) is 17.6 Å². The SMILES string of the molecule is CCN(CC)C(=O)CSCC(=O)Nc1ccccc1Br. The third-order valence-electron chi connectivity index (χ3n) is 2.72. The molecule has 0 spiro atoms. The number of hydrogen-bond donors (Lipinski definition) is 1. The fraction of sp³-hybridized carbons (Fsp3) is 0.429. The normalized spacial score (nSPS) is 10.2. The number of anilines is 1.